The Kier molecular flexibility index (Phi) is 4.28. The number of H-pyrrole nitrogens is 2. The van der Waals surface area contributed by atoms with Crippen molar-refractivity contribution in [1.29, 1.82) is 0 Å². The molecule has 8 nitrogen and oxygen atoms in total. The van der Waals surface area contributed by atoms with Crippen LogP contribution in [0.4, 0.5) is 5.82 Å². The molecule has 8 heteroatoms. The number of nitrogens with zero attached hydrogens (tertiary/aromatic N) is 1. The highest BCUT2D eigenvalue weighted by atomic mass is 16.2. The predicted octanol–water partition coefficient (Wildman–Crippen LogP) is -0.813. The van der Waals surface area contributed by atoms with Crippen molar-refractivity contribution in [2.75, 3.05) is 11.9 Å². The second-order valence-electron chi connectivity index (χ2n) is 3.97. The van der Waals surface area contributed by atoms with Crippen LogP contribution in [-0.4, -0.2) is 27.6 Å². The Balaban J connectivity index is 1.83. The molecule has 0 unspecified atom stereocenters. The van der Waals surface area contributed by atoms with Gasteiger partial charge in [0.25, 0.3) is 5.56 Å². The number of amides is 1. The smallest absolute Gasteiger partial charge is 0.342 e. The Morgan fingerprint density at radius 1 is 1.20 bits per heavy atom. The van der Waals surface area contributed by atoms with E-state index >= 15 is 0 Å². The molecule has 0 saturated carbocycles. The molecule has 0 fully saturated rings. The van der Waals surface area contributed by atoms with Crippen molar-refractivity contribution in [1.82, 2.24) is 20.5 Å². The van der Waals surface area contributed by atoms with E-state index in [0.29, 0.717) is 6.54 Å². The number of hydrogen-bond acceptors (Lipinski definition) is 5. The van der Waals surface area contributed by atoms with Gasteiger partial charge in [0.2, 0.25) is 11.7 Å². The number of carbonyl (C=O) groups excluding carboxylic acids is 1. The lowest BCUT2D eigenvalue weighted by molar-refractivity contribution is -0.119. The highest BCUT2D eigenvalue weighted by Crippen LogP contribution is 1.96. The summed E-state index contributed by atoms with van der Waals surface area (Å²) in [5.41, 5.74) is -0.403. The third kappa shape index (κ3) is 3.80. The van der Waals surface area contributed by atoms with Gasteiger partial charge in [0.15, 0.2) is 0 Å². The normalized spacial score (nSPS) is 10.0. The summed E-state index contributed by atoms with van der Waals surface area (Å²) in [7, 11) is 0. The van der Waals surface area contributed by atoms with Gasteiger partial charge in [-0.1, -0.05) is 30.3 Å². The van der Waals surface area contributed by atoms with Crippen LogP contribution < -0.4 is 21.9 Å². The number of aromatic nitrogens is 3. The summed E-state index contributed by atoms with van der Waals surface area (Å²) in [6.45, 7) is 0.283. The fourth-order valence-electron chi connectivity index (χ4n) is 1.49. The molecule has 0 radical (unpaired) electrons. The van der Waals surface area contributed by atoms with Crippen LogP contribution in [-0.2, 0) is 11.3 Å². The minimum Gasteiger partial charge on any atom is -0.355 e. The summed E-state index contributed by atoms with van der Waals surface area (Å²) < 4.78 is 0. The van der Waals surface area contributed by atoms with E-state index in [1.165, 1.54) is 0 Å². The first kappa shape index (κ1) is 13.5. The summed E-state index contributed by atoms with van der Waals surface area (Å²) in [5, 5.41) is 10.8. The highest BCUT2D eigenvalue weighted by molar-refractivity contribution is 5.80. The number of benzene rings is 1. The lowest BCUT2D eigenvalue weighted by Crippen LogP contribution is -2.33. The lowest BCUT2D eigenvalue weighted by Gasteiger charge is -2.06. The molecule has 0 atom stereocenters. The molecule has 1 heterocycles. The van der Waals surface area contributed by atoms with Gasteiger partial charge in [0.1, 0.15) is 0 Å². The number of nitrogens with one attached hydrogen (secondary N) is 4. The maximum Gasteiger partial charge on any atom is 0.342 e. The molecule has 20 heavy (non-hydrogen) atoms. The van der Waals surface area contributed by atoms with Crippen molar-refractivity contribution in [3.63, 3.8) is 0 Å². The summed E-state index contributed by atoms with van der Waals surface area (Å²) in [6.07, 6.45) is 0. The van der Waals surface area contributed by atoms with Crippen LogP contribution >= 0.6 is 0 Å². The van der Waals surface area contributed by atoms with Crippen LogP contribution in [0.25, 0.3) is 0 Å². The fourth-order valence-corrected chi connectivity index (χ4v) is 1.49. The standard InChI is InChI=1S/C12H13N5O3/c18-9(13-6-8-4-2-1-3-5-8)7-14-10-11(19)15-12(20)17-16-10/h1-5H,6-7H2,(H,13,18)(H,14,16)(H2,15,17,19,20). The van der Waals surface area contributed by atoms with E-state index in [1.54, 1.807) is 0 Å². The Labute approximate surface area is 113 Å². The van der Waals surface area contributed by atoms with Gasteiger partial charge in [-0.2, -0.15) is 0 Å². The van der Waals surface area contributed by atoms with Crippen LogP contribution in [0.1, 0.15) is 5.56 Å². The van der Waals surface area contributed by atoms with E-state index in [2.05, 4.69) is 20.8 Å². The highest BCUT2D eigenvalue weighted by Gasteiger charge is 2.05. The summed E-state index contributed by atoms with van der Waals surface area (Å²) in [5.74, 6) is -0.402. The second kappa shape index (κ2) is 6.32. The quantitative estimate of drug-likeness (QED) is 0.568. The van der Waals surface area contributed by atoms with E-state index in [4.69, 9.17) is 0 Å². The summed E-state index contributed by atoms with van der Waals surface area (Å²) in [4.78, 5) is 35.6. The molecular formula is C12H13N5O3. The maximum absolute atomic E-state index is 11.6. The number of hydrogen-bond donors (Lipinski definition) is 4. The van der Waals surface area contributed by atoms with E-state index in [-0.39, 0.29) is 18.3 Å². The Hall–Kier alpha value is -2.90. The third-order valence-corrected chi connectivity index (χ3v) is 2.46. The second-order valence-corrected chi connectivity index (χ2v) is 3.97. The van der Waals surface area contributed by atoms with E-state index in [1.807, 2.05) is 35.3 Å². The Morgan fingerprint density at radius 3 is 2.65 bits per heavy atom. The van der Waals surface area contributed by atoms with Crippen LogP contribution in [0.15, 0.2) is 39.9 Å². The van der Waals surface area contributed by atoms with Gasteiger partial charge >= 0.3 is 5.69 Å². The molecule has 0 aliphatic rings. The van der Waals surface area contributed by atoms with Crippen molar-refractivity contribution in [3.8, 4) is 0 Å². The number of carbonyl (C=O) groups is 1. The maximum atomic E-state index is 11.6. The van der Waals surface area contributed by atoms with Crippen LogP contribution in [0.2, 0.25) is 0 Å². The molecule has 0 saturated heterocycles. The number of rotatable bonds is 5. The molecule has 104 valence electrons. The average molecular weight is 275 g/mol. The van der Waals surface area contributed by atoms with Crippen molar-refractivity contribution in [2.45, 2.75) is 6.54 Å². The zero-order chi connectivity index (χ0) is 14.4. The minimum absolute atomic E-state index is 0.112. The van der Waals surface area contributed by atoms with Gasteiger partial charge in [-0.25, -0.2) is 9.89 Å². The van der Waals surface area contributed by atoms with Gasteiger partial charge in [0, 0.05) is 6.54 Å². The molecule has 2 rings (SSSR count). The van der Waals surface area contributed by atoms with Crippen LogP contribution in [0.5, 0.6) is 0 Å². The summed E-state index contributed by atoms with van der Waals surface area (Å²) in [6, 6.07) is 9.43. The van der Waals surface area contributed by atoms with Gasteiger partial charge in [-0.3, -0.25) is 14.6 Å². The van der Waals surface area contributed by atoms with Crippen molar-refractivity contribution >= 4 is 11.7 Å². The van der Waals surface area contributed by atoms with Gasteiger partial charge in [0.05, 0.1) is 6.54 Å². The third-order valence-electron chi connectivity index (χ3n) is 2.46. The summed E-state index contributed by atoms with van der Waals surface area (Å²) >= 11 is 0. The van der Waals surface area contributed by atoms with Crippen LogP contribution in [0, 0.1) is 0 Å². The first-order valence-corrected chi connectivity index (χ1v) is 5.88. The molecule has 1 aromatic heterocycles. The van der Waals surface area contributed by atoms with Gasteiger partial charge < -0.3 is 10.6 Å². The van der Waals surface area contributed by atoms with Gasteiger partial charge in [-0.15, -0.1) is 5.10 Å². The molecule has 4 N–H and O–H groups in total. The zero-order valence-electron chi connectivity index (χ0n) is 10.5. The van der Waals surface area contributed by atoms with Crippen LogP contribution in [0.3, 0.4) is 0 Å². The van der Waals surface area contributed by atoms with Crippen molar-refractivity contribution < 1.29 is 4.79 Å². The van der Waals surface area contributed by atoms with E-state index in [9.17, 15) is 14.4 Å². The molecule has 0 aliphatic heterocycles. The minimum atomic E-state index is -0.700. The molecule has 0 spiro atoms. The largest absolute Gasteiger partial charge is 0.355 e. The average Bonchev–Trinajstić information content (AvgIpc) is 2.45. The molecule has 2 aromatic rings. The fraction of sp³-hybridized carbons (Fsp3) is 0.167. The van der Waals surface area contributed by atoms with Crippen molar-refractivity contribution in [2.24, 2.45) is 0 Å². The Bertz CT molecular complexity index is 692. The lowest BCUT2D eigenvalue weighted by atomic mass is 10.2. The molecule has 1 aromatic carbocycles. The number of anilines is 1. The predicted molar refractivity (Wildman–Crippen MR) is 72.3 cm³/mol. The van der Waals surface area contributed by atoms with E-state index < -0.39 is 11.2 Å². The molecule has 0 bridgehead atoms. The molecular weight excluding hydrogens is 262 g/mol. The van der Waals surface area contributed by atoms with Gasteiger partial charge in [-0.05, 0) is 5.56 Å². The first-order chi connectivity index (χ1) is 9.65. The Morgan fingerprint density at radius 2 is 1.95 bits per heavy atom. The van der Waals surface area contributed by atoms with Crippen molar-refractivity contribution in [3.05, 3.63) is 56.7 Å². The number of aromatic amines is 2. The topological polar surface area (TPSA) is 120 Å². The SMILES string of the molecule is O=C(CNc1n[nH]c(=O)[nH]c1=O)NCc1ccccc1. The monoisotopic (exact) mass is 275 g/mol. The van der Waals surface area contributed by atoms with E-state index in [0.717, 1.165) is 5.56 Å². The molecule has 1 amide bonds. The molecule has 0 aliphatic carbocycles. The zero-order valence-corrected chi connectivity index (χ0v) is 10.5. The first-order valence-electron chi connectivity index (χ1n) is 5.88.